The number of carbonyl (C=O) groups excluding carboxylic acids is 1. The first-order chi connectivity index (χ1) is 8.16. The van der Waals surface area contributed by atoms with Crippen LogP contribution in [0.25, 0.3) is 0 Å². The Kier molecular flexibility index (Phi) is 3.58. The summed E-state index contributed by atoms with van der Waals surface area (Å²) in [5.74, 6) is -0.408. The second kappa shape index (κ2) is 5.13. The van der Waals surface area contributed by atoms with Crippen molar-refractivity contribution >= 4 is 34.2 Å². The van der Waals surface area contributed by atoms with Gasteiger partial charge in [0.1, 0.15) is 5.56 Å². The van der Waals surface area contributed by atoms with Crippen LogP contribution in [0.1, 0.15) is 10.4 Å². The Morgan fingerprint density at radius 3 is 2.76 bits per heavy atom. The van der Waals surface area contributed by atoms with Crippen LogP contribution in [-0.4, -0.2) is 10.9 Å². The lowest BCUT2D eigenvalue weighted by Crippen LogP contribution is -2.22. The molecule has 0 bridgehead atoms. The summed E-state index contributed by atoms with van der Waals surface area (Å²) in [5, 5.41) is 2.68. The van der Waals surface area contributed by atoms with Crippen molar-refractivity contribution < 1.29 is 4.79 Å². The van der Waals surface area contributed by atoms with E-state index in [1.807, 2.05) is 18.2 Å². The molecule has 1 aromatic carbocycles. The summed E-state index contributed by atoms with van der Waals surface area (Å²) in [6.45, 7) is 0. The molecule has 2 rings (SSSR count). The SMILES string of the molecule is O=C(Nc1cccc(I)c1)c1ccc[nH]c1=O. The van der Waals surface area contributed by atoms with E-state index in [9.17, 15) is 9.59 Å². The zero-order chi connectivity index (χ0) is 12.3. The Labute approximate surface area is 111 Å². The lowest BCUT2D eigenvalue weighted by atomic mass is 10.2. The molecule has 1 amide bonds. The third-order valence-electron chi connectivity index (χ3n) is 2.15. The first kappa shape index (κ1) is 11.8. The molecule has 0 saturated carbocycles. The minimum atomic E-state index is -0.408. The van der Waals surface area contributed by atoms with Gasteiger partial charge in [0.05, 0.1) is 0 Å². The summed E-state index contributed by atoms with van der Waals surface area (Å²) in [5.41, 5.74) is 0.382. The van der Waals surface area contributed by atoms with Gasteiger partial charge >= 0.3 is 0 Å². The van der Waals surface area contributed by atoms with Crippen molar-refractivity contribution in [2.75, 3.05) is 5.32 Å². The standard InChI is InChI=1S/C12H9IN2O2/c13-8-3-1-4-9(7-8)15-12(17)10-5-2-6-14-11(10)16/h1-7H,(H,14,16)(H,15,17). The maximum Gasteiger partial charge on any atom is 0.261 e. The number of hydrogen-bond donors (Lipinski definition) is 2. The Balaban J connectivity index is 2.23. The Morgan fingerprint density at radius 2 is 2.06 bits per heavy atom. The van der Waals surface area contributed by atoms with E-state index in [1.165, 1.54) is 12.3 Å². The summed E-state index contributed by atoms with van der Waals surface area (Å²) in [6, 6.07) is 10.5. The lowest BCUT2D eigenvalue weighted by molar-refractivity contribution is 0.102. The monoisotopic (exact) mass is 340 g/mol. The van der Waals surface area contributed by atoms with Gasteiger partial charge in [-0.2, -0.15) is 0 Å². The zero-order valence-electron chi connectivity index (χ0n) is 8.74. The molecular formula is C12H9IN2O2. The number of aromatic nitrogens is 1. The third-order valence-corrected chi connectivity index (χ3v) is 2.82. The van der Waals surface area contributed by atoms with Crippen molar-refractivity contribution in [3.63, 3.8) is 0 Å². The van der Waals surface area contributed by atoms with Gasteiger partial charge in [0.2, 0.25) is 0 Å². The molecule has 0 spiro atoms. The molecule has 1 aromatic heterocycles. The molecule has 0 radical (unpaired) electrons. The highest BCUT2D eigenvalue weighted by Gasteiger charge is 2.09. The van der Waals surface area contributed by atoms with Gasteiger partial charge in [-0.1, -0.05) is 6.07 Å². The van der Waals surface area contributed by atoms with Crippen molar-refractivity contribution in [2.24, 2.45) is 0 Å². The zero-order valence-corrected chi connectivity index (χ0v) is 10.9. The summed E-state index contributed by atoms with van der Waals surface area (Å²) >= 11 is 2.15. The first-order valence-electron chi connectivity index (χ1n) is 4.91. The van der Waals surface area contributed by atoms with Gasteiger partial charge in [0.15, 0.2) is 0 Å². The van der Waals surface area contributed by atoms with E-state index < -0.39 is 11.5 Å². The number of rotatable bonds is 2. The van der Waals surface area contributed by atoms with Gasteiger partial charge < -0.3 is 10.3 Å². The topological polar surface area (TPSA) is 62.0 Å². The number of anilines is 1. The van der Waals surface area contributed by atoms with E-state index in [-0.39, 0.29) is 5.56 Å². The summed E-state index contributed by atoms with van der Waals surface area (Å²) in [4.78, 5) is 25.7. The molecule has 0 atom stereocenters. The summed E-state index contributed by atoms with van der Waals surface area (Å²) in [6.07, 6.45) is 1.49. The van der Waals surface area contributed by atoms with Gasteiger partial charge in [0, 0.05) is 15.5 Å². The Bertz CT molecular complexity index is 607. The highest BCUT2D eigenvalue weighted by molar-refractivity contribution is 14.1. The largest absolute Gasteiger partial charge is 0.328 e. The molecular weight excluding hydrogens is 331 g/mol. The van der Waals surface area contributed by atoms with E-state index in [4.69, 9.17) is 0 Å². The van der Waals surface area contributed by atoms with Crippen LogP contribution in [0.3, 0.4) is 0 Å². The third kappa shape index (κ3) is 2.94. The molecule has 0 aliphatic carbocycles. The second-order valence-electron chi connectivity index (χ2n) is 3.38. The molecule has 17 heavy (non-hydrogen) atoms. The van der Waals surface area contributed by atoms with Crippen LogP contribution < -0.4 is 10.9 Å². The van der Waals surface area contributed by atoms with Crippen LogP contribution in [0.15, 0.2) is 47.4 Å². The van der Waals surface area contributed by atoms with Crippen molar-refractivity contribution in [3.05, 3.63) is 62.1 Å². The van der Waals surface area contributed by atoms with Gasteiger partial charge in [-0.05, 0) is 52.9 Å². The molecule has 5 heteroatoms. The molecule has 0 aliphatic rings. The van der Waals surface area contributed by atoms with Crippen LogP contribution >= 0.6 is 22.6 Å². The average Bonchev–Trinajstić information content (AvgIpc) is 2.29. The van der Waals surface area contributed by atoms with E-state index >= 15 is 0 Å². The van der Waals surface area contributed by atoms with E-state index in [2.05, 4.69) is 32.9 Å². The average molecular weight is 340 g/mol. The van der Waals surface area contributed by atoms with E-state index in [1.54, 1.807) is 12.1 Å². The Hall–Kier alpha value is -1.63. The normalized spacial score (nSPS) is 9.94. The summed E-state index contributed by atoms with van der Waals surface area (Å²) in [7, 11) is 0. The Morgan fingerprint density at radius 1 is 1.24 bits per heavy atom. The molecule has 0 unspecified atom stereocenters. The van der Waals surface area contributed by atoms with Crippen LogP contribution in [0.5, 0.6) is 0 Å². The fourth-order valence-corrected chi connectivity index (χ4v) is 1.91. The van der Waals surface area contributed by atoms with Crippen molar-refractivity contribution in [2.45, 2.75) is 0 Å². The molecule has 4 nitrogen and oxygen atoms in total. The number of benzene rings is 1. The quantitative estimate of drug-likeness (QED) is 0.824. The maximum absolute atomic E-state index is 11.8. The number of carbonyl (C=O) groups is 1. The number of hydrogen-bond acceptors (Lipinski definition) is 2. The molecule has 2 aromatic rings. The minimum Gasteiger partial charge on any atom is -0.328 e. The predicted molar refractivity (Wildman–Crippen MR) is 74.2 cm³/mol. The fraction of sp³-hybridized carbons (Fsp3) is 0. The number of aromatic amines is 1. The van der Waals surface area contributed by atoms with Gasteiger partial charge in [-0.15, -0.1) is 0 Å². The van der Waals surface area contributed by atoms with Gasteiger partial charge in [-0.3, -0.25) is 9.59 Å². The van der Waals surface area contributed by atoms with E-state index in [0.717, 1.165) is 3.57 Å². The smallest absolute Gasteiger partial charge is 0.261 e. The van der Waals surface area contributed by atoms with Crippen molar-refractivity contribution in [1.82, 2.24) is 4.98 Å². The highest BCUT2D eigenvalue weighted by Crippen LogP contribution is 2.12. The number of nitrogens with one attached hydrogen (secondary N) is 2. The first-order valence-corrected chi connectivity index (χ1v) is 5.99. The van der Waals surface area contributed by atoms with Gasteiger partial charge in [0.25, 0.3) is 11.5 Å². The van der Waals surface area contributed by atoms with E-state index in [0.29, 0.717) is 5.69 Å². The predicted octanol–water partition coefficient (Wildman–Crippen LogP) is 2.23. The second-order valence-corrected chi connectivity index (χ2v) is 4.62. The summed E-state index contributed by atoms with van der Waals surface area (Å²) < 4.78 is 1.02. The number of amides is 1. The number of halogens is 1. The molecule has 1 heterocycles. The fourth-order valence-electron chi connectivity index (χ4n) is 1.37. The molecule has 2 N–H and O–H groups in total. The number of pyridine rings is 1. The highest BCUT2D eigenvalue weighted by atomic mass is 127. The van der Waals surface area contributed by atoms with Crippen LogP contribution in [-0.2, 0) is 0 Å². The molecule has 0 fully saturated rings. The minimum absolute atomic E-state index is 0.103. The van der Waals surface area contributed by atoms with Crippen LogP contribution in [0.2, 0.25) is 0 Å². The number of H-pyrrole nitrogens is 1. The molecule has 0 aliphatic heterocycles. The molecule has 86 valence electrons. The lowest BCUT2D eigenvalue weighted by Gasteiger charge is -2.04. The maximum atomic E-state index is 11.8. The van der Waals surface area contributed by atoms with Crippen LogP contribution in [0, 0.1) is 3.57 Å². The van der Waals surface area contributed by atoms with Crippen molar-refractivity contribution in [3.8, 4) is 0 Å². The van der Waals surface area contributed by atoms with Crippen molar-refractivity contribution in [1.29, 1.82) is 0 Å². The van der Waals surface area contributed by atoms with Crippen LogP contribution in [0.4, 0.5) is 5.69 Å². The molecule has 0 saturated heterocycles. The van der Waals surface area contributed by atoms with Gasteiger partial charge in [-0.25, -0.2) is 0 Å².